The van der Waals surface area contributed by atoms with Crippen LogP contribution in [0.1, 0.15) is 5.69 Å². The number of ether oxygens (including phenoxy) is 1. The molecule has 1 amide bonds. The van der Waals surface area contributed by atoms with Gasteiger partial charge in [-0.05, 0) is 43.9 Å². The highest BCUT2D eigenvalue weighted by atomic mass is 16.5. The van der Waals surface area contributed by atoms with Crippen molar-refractivity contribution in [2.75, 3.05) is 34.3 Å². The highest BCUT2D eigenvalue weighted by Crippen LogP contribution is 2.37. The molecule has 0 bridgehead atoms. The summed E-state index contributed by atoms with van der Waals surface area (Å²) in [5.41, 5.74) is 4.97. The van der Waals surface area contributed by atoms with Crippen molar-refractivity contribution < 1.29 is 9.53 Å². The molecule has 3 heterocycles. The van der Waals surface area contributed by atoms with Gasteiger partial charge in [-0.1, -0.05) is 18.2 Å². The first kappa shape index (κ1) is 20.8. The van der Waals surface area contributed by atoms with Crippen molar-refractivity contribution in [2.45, 2.75) is 13.1 Å². The first-order chi connectivity index (χ1) is 15.1. The van der Waals surface area contributed by atoms with E-state index in [1.165, 1.54) is 0 Å². The topological polar surface area (TPSA) is 63.5 Å². The fourth-order valence-electron chi connectivity index (χ4n) is 3.77. The fourth-order valence-corrected chi connectivity index (χ4v) is 3.77. The number of carbonyl (C=O) groups excluding carboxylic acids is 1. The monoisotopic (exact) mass is 417 g/mol. The van der Waals surface area contributed by atoms with Crippen LogP contribution in [0.3, 0.4) is 0 Å². The summed E-state index contributed by atoms with van der Waals surface area (Å²) in [6.07, 6.45) is 7.13. The molecule has 160 valence electrons. The van der Waals surface area contributed by atoms with E-state index < -0.39 is 0 Å². The highest BCUT2D eigenvalue weighted by molar-refractivity contribution is 5.88. The molecule has 2 aromatic heterocycles. The van der Waals surface area contributed by atoms with Crippen LogP contribution in [0.15, 0.2) is 60.9 Å². The Bertz CT molecular complexity index is 1090. The lowest BCUT2D eigenvalue weighted by Crippen LogP contribution is -2.37. The number of nitrogens with zero attached hydrogens (tertiary/aromatic N) is 5. The van der Waals surface area contributed by atoms with E-state index in [4.69, 9.17) is 9.84 Å². The Morgan fingerprint density at radius 2 is 1.97 bits per heavy atom. The van der Waals surface area contributed by atoms with E-state index in [9.17, 15) is 4.79 Å². The van der Waals surface area contributed by atoms with Gasteiger partial charge >= 0.3 is 0 Å². The summed E-state index contributed by atoms with van der Waals surface area (Å²) in [5.74, 6) is 0.810. The van der Waals surface area contributed by atoms with Crippen molar-refractivity contribution in [3.05, 3.63) is 66.6 Å². The zero-order valence-electron chi connectivity index (χ0n) is 18.2. The van der Waals surface area contributed by atoms with Crippen molar-refractivity contribution in [3.63, 3.8) is 0 Å². The Kier molecular flexibility index (Phi) is 6.13. The minimum absolute atomic E-state index is 0.0258. The van der Waals surface area contributed by atoms with Crippen LogP contribution < -0.4 is 4.74 Å². The van der Waals surface area contributed by atoms with Gasteiger partial charge in [0.15, 0.2) is 0 Å². The lowest BCUT2D eigenvalue weighted by Gasteiger charge is -2.27. The van der Waals surface area contributed by atoms with Gasteiger partial charge in [-0.3, -0.25) is 14.5 Å². The van der Waals surface area contributed by atoms with Gasteiger partial charge in [-0.15, -0.1) is 0 Å². The number of methoxy groups -OCH3 is 1. The third-order valence-corrected chi connectivity index (χ3v) is 5.33. The number of benzene rings is 1. The lowest BCUT2D eigenvalue weighted by molar-refractivity contribution is -0.127. The van der Waals surface area contributed by atoms with Crippen LogP contribution in [0.4, 0.5) is 0 Å². The summed E-state index contributed by atoms with van der Waals surface area (Å²) >= 11 is 0. The highest BCUT2D eigenvalue weighted by Gasteiger charge is 2.27. The second-order valence-electron chi connectivity index (χ2n) is 7.79. The van der Waals surface area contributed by atoms with Crippen LogP contribution in [0, 0.1) is 0 Å². The molecular weight excluding hydrogens is 390 g/mol. The van der Waals surface area contributed by atoms with Gasteiger partial charge in [-0.2, -0.15) is 5.10 Å². The molecule has 0 saturated carbocycles. The Labute approximate surface area is 182 Å². The second kappa shape index (κ2) is 9.14. The van der Waals surface area contributed by atoms with Crippen LogP contribution in [-0.4, -0.2) is 64.8 Å². The number of pyridine rings is 1. The van der Waals surface area contributed by atoms with E-state index in [2.05, 4.69) is 4.98 Å². The molecule has 7 heteroatoms. The molecule has 0 radical (unpaired) electrons. The maximum atomic E-state index is 12.8. The van der Waals surface area contributed by atoms with Crippen LogP contribution in [0.25, 0.3) is 22.4 Å². The van der Waals surface area contributed by atoms with Gasteiger partial charge in [0.1, 0.15) is 11.4 Å². The minimum Gasteiger partial charge on any atom is -0.497 e. The molecule has 0 saturated heterocycles. The van der Waals surface area contributed by atoms with Gasteiger partial charge in [0.25, 0.3) is 0 Å². The third kappa shape index (κ3) is 4.51. The maximum Gasteiger partial charge on any atom is 0.246 e. The van der Waals surface area contributed by atoms with Gasteiger partial charge in [0, 0.05) is 42.7 Å². The largest absolute Gasteiger partial charge is 0.497 e. The first-order valence-corrected chi connectivity index (χ1v) is 10.3. The number of fused-ring (bicyclic) bond motifs is 1. The summed E-state index contributed by atoms with van der Waals surface area (Å²) < 4.78 is 7.44. The number of amides is 1. The minimum atomic E-state index is 0.0258. The molecule has 0 fully saturated rings. The van der Waals surface area contributed by atoms with Crippen molar-refractivity contribution in [1.29, 1.82) is 0 Å². The molecule has 1 aliphatic rings. The van der Waals surface area contributed by atoms with E-state index in [-0.39, 0.29) is 5.91 Å². The quantitative estimate of drug-likeness (QED) is 0.577. The van der Waals surface area contributed by atoms with Crippen LogP contribution in [0.5, 0.6) is 5.75 Å². The Hall–Kier alpha value is -3.45. The number of rotatable bonds is 6. The zero-order valence-corrected chi connectivity index (χ0v) is 18.2. The molecule has 1 aromatic carbocycles. The van der Waals surface area contributed by atoms with Crippen molar-refractivity contribution in [1.82, 2.24) is 24.6 Å². The van der Waals surface area contributed by atoms with Crippen molar-refractivity contribution in [2.24, 2.45) is 0 Å². The normalized spacial score (nSPS) is 13.6. The molecular formula is C24H27N5O2. The number of aromatic nitrogens is 3. The smallest absolute Gasteiger partial charge is 0.246 e. The zero-order chi connectivity index (χ0) is 21.8. The van der Waals surface area contributed by atoms with E-state index in [0.717, 1.165) is 40.4 Å². The SMILES string of the molecule is COc1cccc(-c2nn3c(c2-c2ccncc2)CN(C(=O)/C=C/CN(C)C)CC3)c1. The predicted octanol–water partition coefficient (Wildman–Crippen LogP) is 3.08. The van der Waals surface area contributed by atoms with E-state index in [1.54, 1.807) is 25.6 Å². The average Bonchev–Trinajstić information content (AvgIpc) is 3.18. The van der Waals surface area contributed by atoms with Crippen molar-refractivity contribution >= 4 is 5.91 Å². The standard InChI is InChI=1S/C24H27N5O2/c1-27(2)13-5-8-22(30)28-14-15-29-21(17-28)23(18-9-11-25-12-10-18)24(26-29)19-6-4-7-20(16-19)31-3/h4-12,16H,13-15,17H2,1-3H3/b8-5+. The molecule has 0 aliphatic carbocycles. The molecule has 0 N–H and O–H groups in total. The first-order valence-electron chi connectivity index (χ1n) is 10.3. The van der Waals surface area contributed by atoms with Crippen LogP contribution >= 0.6 is 0 Å². The number of likely N-dealkylation sites (N-methyl/N-ethyl adjacent to an activating group) is 1. The summed E-state index contributed by atoms with van der Waals surface area (Å²) in [6.45, 7) is 2.54. The Morgan fingerprint density at radius 3 is 2.71 bits per heavy atom. The number of hydrogen-bond donors (Lipinski definition) is 0. The average molecular weight is 418 g/mol. The van der Waals surface area contributed by atoms with Crippen molar-refractivity contribution in [3.8, 4) is 28.1 Å². The molecule has 3 aromatic rings. The molecule has 31 heavy (non-hydrogen) atoms. The van der Waals surface area contributed by atoms with Gasteiger partial charge in [0.05, 0.1) is 25.9 Å². The van der Waals surface area contributed by atoms with Crippen LogP contribution in [0.2, 0.25) is 0 Å². The summed E-state index contributed by atoms with van der Waals surface area (Å²) in [7, 11) is 5.62. The summed E-state index contributed by atoms with van der Waals surface area (Å²) in [4.78, 5) is 20.8. The molecule has 4 rings (SSSR count). The molecule has 0 unspecified atom stereocenters. The number of carbonyl (C=O) groups is 1. The van der Waals surface area contributed by atoms with Gasteiger partial charge < -0.3 is 14.5 Å². The molecule has 1 aliphatic heterocycles. The summed E-state index contributed by atoms with van der Waals surface area (Å²) in [5, 5.41) is 4.93. The van der Waals surface area contributed by atoms with E-state index in [0.29, 0.717) is 19.6 Å². The third-order valence-electron chi connectivity index (χ3n) is 5.33. The predicted molar refractivity (Wildman–Crippen MR) is 121 cm³/mol. The van der Waals surface area contributed by atoms with Crippen LogP contribution in [-0.2, 0) is 17.9 Å². The Balaban J connectivity index is 1.73. The molecule has 0 atom stereocenters. The Morgan fingerprint density at radius 1 is 1.16 bits per heavy atom. The van der Waals surface area contributed by atoms with E-state index >= 15 is 0 Å². The molecule has 7 nitrogen and oxygen atoms in total. The fraction of sp³-hybridized carbons (Fsp3) is 0.292. The lowest BCUT2D eigenvalue weighted by atomic mass is 9.99. The second-order valence-corrected chi connectivity index (χ2v) is 7.79. The molecule has 0 spiro atoms. The van der Waals surface area contributed by atoms with Gasteiger partial charge in [-0.25, -0.2) is 0 Å². The van der Waals surface area contributed by atoms with E-state index in [1.807, 2.05) is 71.1 Å². The maximum absolute atomic E-state index is 12.8. The van der Waals surface area contributed by atoms with Gasteiger partial charge in [0.2, 0.25) is 5.91 Å². The summed E-state index contributed by atoms with van der Waals surface area (Å²) in [6, 6.07) is 11.9. The number of hydrogen-bond acceptors (Lipinski definition) is 5.